The second kappa shape index (κ2) is 5.51. The Morgan fingerprint density at radius 2 is 2.20 bits per heavy atom. The molecule has 4 heteroatoms. The van der Waals surface area contributed by atoms with Crippen molar-refractivity contribution in [2.45, 2.75) is 19.4 Å². The van der Waals surface area contributed by atoms with E-state index in [4.69, 9.17) is 0 Å². The van der Waals surface area contributed by atoms with Gasteiger partial charge in [-0.2, -0.15) is 0 Å². The molecule has 3 nitrogen and oxygen atoms in total. The van der Waals surface area contributed by atoms with E-state index in [1.807, 2.05) is 41.9 Å². The lowest BCUT2D eigenvalue weighted by molar-refractivity contribution is 0.0938. The lowest BCUT2D eigenvalue weighted by Crippen LogP contribution is -2.27. The number of aromatic nitrogens is 1. The zero-order valence-corrected chi connectivity index (χ0v) is 12.0. The number of thiophene rings is 1. The maximum Gasteiger partial charge on any atom is 0.253 e. The quantitative estimate of drug-likeness (QED) is 0.744. The van der Waals surface area contributed by atoms with Crippen LogP contribution in [0.15, 0.2) is 48.0 Å². The van der Waals surface area contributed by atoms with E-state index in [9.17, 15) is 4.79 Å². The van der Waals surface area contributed by atoms with E-state index in [0.29, 0.717) is 5.56 Å². The topological polar surface area (TPSA) is 44.9 Å². The van der Waals surface area contributed by atoms with Crippen LogP contribution in [0.25, 0.3) is 10.9 Å². The Morgan fingerprint density at radius 1 is 1.30 bits per heavy atom. The van der Waals surface area contributed by atoms with Crippen molar-refractivity contribution in [1.82, 2.24) is 10.3 Å². The molecule has 0 fully saturated rings. The summed E-state index contributed by atoms with van der Waals surface area (Å²) in [4.78, 5) is 16.8. The monoisotopic (exact) mass is 284 g/mol. The van der Waals surface area contributed by atoms with E-state index in [0.717, 1.165) is 17.3 Å². The van der Waals surface area contributed by atoms with Gasteiger partial charge in [-0.25, -0.2) is 0 Å². The molecule has 0 saturated heterocycles. The van der Waals surface area contributed by atoms with Gasteiger partial charge in [-0.15, -0.1) is 11.3 Å². The third-order valence-corrected chi connectivity index (χ3v) is 4.42. The minimum absolute atomic E-state index is 0.0294. The van der Waals surface area contributed by atoms with Crippen molar-refractivity contribution in [2.24, 2.45) is 0 Å². The van der Waals surface area contributed by atoms with Gasteiger partial charge in [0.1, 0.15) is 0 Å². The maximum absolute atomic E-state index is 12.5. The molecule has 3 rings (SSSR count). The molecule has 3 aromatic rings. The third kappa shape index (κ3) is 2.34. The molecule has 0 aliphatic rings. The number of hydrogen-bond donors (Lipinski definition) is 2. The van der Waals surface area contributed by atoms with Crippen LogP contribution < -0.4 is 5.32 Å². The third-order valence-electron chi connectivity index (χ3n) is 3.43. The molecular weight excluding hydrogens is 268 g/mol. The maximum atomic E-state index is 12.5. The highest BCUT2D eigenvalue weighted by atomic mass is 32.1. The summed E-state index contributed by atoms with van der Waals surface area (Å²) in [7, 11) is 0. The van der Waals surface area contributed by atoms with Crippen LogP contribution in [-0.4, -0.2) is 10.9 Å². The minimum atomic E-state index is -0.0294. The van der Waals surface area contributed by atoms with Crippen LogP contribution in [0, 0.1) is 0 Å². The van der Waals surface area contributed by atoms with Crippen LogP contribution in [0.1, 0.15) is 34.6 Å². The number of H-pyrrole nitrogens is 1. The number of rotatable bonds is 4. The summed E-state index contributed by atoms with van der Waals surface area (Å²) in [6.07, 6.45) is 2.74. The average Bonchev–Trinajstić information content (AvgIpc) is 3.14. The second-order valence-electron chi connectivity index (χ2n) is 4.70. The van der Waals surface area contributed by atoms with Crippen LogP contribution in [0.4, 0.5) is 0 Å². The first kappa shape index (κ1) is 12.9. The van der Waals surface area contributed by atoms with E-state index < -0.39 is 0 Å². The molecule has 1 amide bonds. The Labute approximate surface area is 121 Å². The highest BCUT2D eigenvalue weighted by molar-refractivity contribution is 7.10. The van der Waals surface area contributed by atoms with E-state index >= 15 is 0 Å². The normalized spacial score (nSPS) is 12.4. The number of amides is 1. The van der Waals surface area contributed by atoms with Gasteiger partial charge in [-0.3, -0.25) is 4.79 Å². The lowest BCUT2D eigenvalue weighted by atomic mass is 10.1. The summed E-state index contributed by atoms with van der Waals surface area (Å²) in [6.45, 7) is 2.08. The van der Waals surface area contributed by atoms with Crippen molar-refractivity contribution < 1.29 is 4.79 Å². The van der Waals surface area contributed by atoms with Gasteiger partial charge >= 0.3 is 0 Å². The van der Waals surface area contributed by atoms with Gasteiger partial charge in [0.25, 0.3) is 5.91 Å². The zero-order valence-electron chi connectivity index (χ0n) is 11.2. The molecule has 1 unspecified atom stereocenters. The molecule has 0 aliphatic carbocycles. The van der Waals surface area contributed by atoms with Gasteiger partial charge in [0.2, 0.25) is 0 Å². The molecule has 1 aromatic carbocycles. The molecule has 0 saturated carbocycles. The summed E-state index contributed by atoms with van der Waals surface area (Å²) in [6, 6.07) is 11.9. The van der Waals surface area contributed by atoms with Gasteiger partial charge in [-0.1, -0.05) is 25.1 Å². The van der Waals surface area contributed by atoms with Gasteiger partial charge in [-0.05, 0) is 30.0 Å². The van der Waals surface area contributed by atoms with Crippen LogP contribution >= 0.6 is 11.3 Å². The predicted octanol–water partition coefficient (Wildman–Crippen LogP) is 4.11. The second-order valence-corrected chi connectivity index (χ2v) is 5.68. The van der Waals surface area contributed by atoms with E-state index in [1.165, 1.54) is 4.88 Å². The minimum Gasteiger partial charge on any atom is -0.361 e. The van der Waals surface area contributed by atoms with E-state index in [-0.39, 0.29) is 11.9 Å². The molecule has 0 aliphatic heterocycles. The number of para-hydroxylation sites is 1. The first-order valence-corrected chi connectivity index (χ1v) is 7.58. The van der Waals surface area contributed by atoms with E-state index in [1.54, 1.807) is 11.3 Å². The van der Waals surface area contributed by atoms with Crippen LogP contribution in [0.2, 0.25) is 0 Å². The molecule has 0 spiro atoms. The molecule has 102 valence electrons. The lowest BCUT2D eigenvalue weighted by Gasteiger charge is -2.15. The average molecular weight is 284 g/mol. The van der Waals surface area contributed by atoms with Crippen molar-refractivity contribution in [3.63, 3.8) is 0 Å². The van der Waals surface area contributed by atoms with Gasteiger partial charge < -0.3 is 10.3 Å². The summed E-state index contributed by atoms with van der Waals surface area (Å²) in [5, 5.41) is 6.21. The number of nitrogens with one attached hydrogen (secondary N) is 2. The fraction of sp³-hybridized carbons (Fsp3) is 0.188. The van der Waals surface area contributed by atoms with Crippen LogP contribution in [-0.2, 0) is 0 Å². The Hall–Kier alpha value is -2.07. The highest BCUT2D eigenvalue weighted by Crippen LogP contribution is 2.23. The SMILES string of the molecule is CCC(NC(=O)c1cccc2cc[nH]c12)c1cccs1. The number of fused-ring (bicyclic) bond motifs is 1. The Morgan fingerprint density at radius 3 is 2.95 bits per heavy atom. The zero-order chi connectivity index (χ0) is 13.9. The van der Waals surface area contributed by atoms with Gasteiger partial charge in [0.05, 0.1) is 17.1 Å². The van der Waals surface area contributed by atoms with E-state index in [2.05, 4.69) is 23.3 Å². The molecule has 20 heavy (non-hydrogen) atoms. The molecule has 2 N–H and O–H groups in total. The van der Waals surface area contributed by atoms with Gasteiger partial charge in [0.15, 0.2) is 0 Å². The van der Waals surface area contributed by atoms with Crippen molar-refractivity contribution >= 4 is 28.1 Å². The predicted molar refractivity (Wildman–Crippen MR) is 83.1 cm³/mol. The highest BCUT2D eigenvalue weighted by Gasteiger charge is 2.16. The number of benzene rings is 1. The van der Waals surface area contributed by atoms with Crippen molar-refractivity contribution in [2.75, 3.05) is 0 Å². The first-order chi connectivity index (χ1) is 9.79. The molecular formula is C16H16N2OS. The number of aromatic amines is 1. The number of carbonyl (C=O) groups is 1. The summed E-state index contributed by atoms with van der Waals surface area (Å²) in [5.74, 6) is -0.0294. The molecule has 2 heterocycles. The Bertz CT molecular complexity index is 715. The summed E-state index contributed by atoms with van der Waals surface area (Å²) >= 11 is 1.68. The first-order valence-electron chi connectivity index (χ1n) is 6.70. The Kier molecular flexibility index (Phi) is 3.56. The van der Waals surface area contributed by atoms with Gasteiger partial charge in [0, 0.05) is 16.5 Å². The number of carbonyl (C=O) groups excluding carboxylic acids is 1. The van der Waals surface area contributed by atoms with Crippen molar-refractivity contribution in [3.05, 3.63) is 58.4 Å². The van der Waals surface area contributed by atoms with Crippen LogP contribution in [0.3, 0.4) is 0 Å². The molecule has 2 aromatic heterocycles. The number of hydrogen-bond acceptors (Lipinski definition) is 2. The molecule has 1 atom stereocenters. The molecule has 0 bridgehead atoms. The largest absolute Gasteiger partial charge is 0.361 e. The fourth-order valence-corrected chi connectivity index (χ4v) is 3.24. The summed E-state index contributed by atoms with van der Waals surface area (Å²) in [5.41, 5.74) is 1.59. The molecule has 0 radical (unpaired) electrons. The fourth-order valence-electron chi connectivity index (χ4n) is 2.37. The van der Waals surface area contributed by atoms with Crippen molar-refractivity contribution in [1.29, 1.82) is 0 Å². The Balaban J connectivity index is 1.87. The van der Waals surface area contributed by atoms with Crippen LogP contribution in [0.5, 0.6) is 0 Å². The summed E-state index contributed by atoms with van der Waals surface area (Å²) < 4.78 is 0. The standard InChI is InChI=1S/C16H16N2OS/c1-2-13(14-7-4-10-20-14)18-16(19)12-6-3-5-11-8-9-17-15(11)12/h3-10,13,17H,2H2,1H3,(H,18,19). The van der Waals surface area contributed by atoms with Crippen molar-refractivity contribution in [3.8, 4) is 0 Å². The smallest absolute Gasteiger partial charge is 0.253 e.